The lowest BCUT2D eigenvalue weighted by molar-refractivity contribution is 0.501. The van der Waals surface area contributed by atoms with Crippen LogP contribution in [-0.4, -0.2) is 0 Å². The first-order chi connectivity index (χ1) is 7.13. The SMILES string of the molecule is CCC1CC1CCC=CC(C)CC(C)C. The van der Waals surface area contributed by atoms with E-state index in [4.69, 9.17) is 0 Å². The molecule has 1 rings (SSSR count). The van der Waals surface area contributed by atoms with Crippen molar-refractivity contribution in [1.82, 2.24) is 0 Å². The second kappa shape index (κ2) is 6.35. The van der Waals surface area contributed by atoms with Gasteiger partial charge in [0.15, 0.2) is 0 Å². The summed E-state index contributed by atoms with van der Waals surface area (Å²) in [5.74, 6) is 3.75. The second-order valence-electron chi connectivity index (χ2n) is 5.78. The minimum absolute atomic E-state index is 0.770. The molecule has 0 heterocycles. The molecule has 1 aliphatic rings. The molecule has 88 valence electrons. The molecule has 0 nitrogen and oxygen atoms in total. The van der Waals surface area contributed by atoms with Gasteiger partial charge in [-0.3, -0.25) is 0 Å². The van der Waals surface area contributed by atoms with Gasteiger partial charge in [0.25, 0.3) is 0 Å². The van der Waals surface area contributed by atoms with E-state index in [9.17, 15) is 0 Å². The van der Waals surface area contributed by atoms with Gasteiger partial charge in [0.05, 0.1) is 0 Å². The third-order valence-corrected chi connectivity index (χ3v) is 3.61. The predicted octanol–water partition coefficient (Wildman–Crippen LogP) is 5.05. The van der Waals surface area contributed by atoms with Crippen LogP contribution in [0.3, 0.4) is 0 Å². The average molecular weight is 208 g/mol. The van der Waals surface area contributed by atoms with Gasteiger partial charge in [-0.15, -0.1) is 0 Å². The van der Waals surface area contributed by atoms with Gasteiger partial charge in [-0.25, -0.2) is 0 Å². The average Bonchev–Trinajstić information content (AvgIpc) is 2.90. The zero-order chi connectivity index (χ0) is 11.3. The van der Waals surface area contributed by atoms with Crippen molar-refractivity contribution in [1.29, 1.82) is 0 Å². The lowest BCUT2D eigenvalue weighted by Gasteiger charge is -2.08. The summed E-state index contributed by atoms with van der Waals surface area (Å²) in [6.45, 7) is 9.27. The van der Waals surface area contributed by atoms with Crippen molar-refractivity contribution in [3.63, 3.8) is 0 Å². The maximum Gasteiger partial charge on any atom is -0.0260 e. The third-order valence-electron chi connectivity index (χ3n) is 3.61. The van der Waals surface area contributed by atoms with Crippen LogP contribution in [0.1, 0.15) is 59.8 Å². The Labute approximate surface area is 96.2 Å². The van der Waals surface area contributed by atoms with Crippen LogP contribution in [0.15, 0.2) is 12.2 Å². The van der Waals surface area contributed by atoms with Crippen molar-refractivity contribution in [2.24, 2.45) is 23.7 Å². The van der Waals surface area contributed by atoms with Gasteiger partial charge in [-0.2, -0.15) is 0 Å². The molecular weight excluding hydrogens is 180 g/mol. The molecule has 3 unspecified atom stereocenters. The second-order valence-corrected chi connectivity index (χ2v) is 5.78. The largest absolute Gasteiger partial charge is 0.0883 e. The van der Waals surface area contributed by atoms with Crippen LogP contribution in [0, 0.1) is 23.7 Å². The molecule has 0 aromatic heterocycles. The minimum atomic E-state index is 0.770. The molecule has 0 saturated heterocycles. The van der Waals surface area contributed by atoms with Crippen molar-refractivity contribution >= 4 is 0 Å². The Balaban J connectivity index is 2.01. The molecule has 0 aliphatic heterocycles. The first-order valence-corrected chi connectivity index (χ1v) is 6.80. The van der Waals surface area contributed by atoms with E-state index in [1.165, 1.54) is 32.1 Å². The zero-order valence-corrected chi connectivity index (χ0v) is 11.0. The predicted molar refractivity (Wildman–Crippen MR) is 68.9 cm³/mol. The summed E-state index contributed by atoms with van der Waals surface area (Å²) in [4.78, 5) is 0. The molecule has 0 spiro atoms. The number of rotatable bonds is 7. The highest BCUT2D eigenvalue weighted by Crippen LogP contribution is 2.44. The molecule has 0 N–H and O–H groups in total. The summed E-state index contributed by atoms with van der Waals surface area (Å²) < 4.78 is 0. The molecule has 1 aliphatic carbocycles. The monoisotopic (exact) mass is 208 g/mol. The highest BCUT2D eigenvalue weighted by atomic mass is 14.4. The molecule has 1 saturated carbocycles. The number of allylic oxidation sites excluding steroid dienone is 2. The first-order valence-electron chi connectivity index (χ1n) is 6.80. The highest BCUT2D eigenvalue weighted by molar-refractivity contribution is 4.91. The van der Waals surface area contributed by atoms with Crippen LogP contribution in [0.2, 0.25) is 0 Å². The van der Waals surface area contributed by atoms with Crippen LogP contribution in [-0.2, 0) is 0 Å². The Bertz CT molecular complexity index is 190. The fourth-order valence-electron chi connectivity index (χ4n) is 2.62. The van der Waals surface area contributed by atoms with E-state index in [1.807, 2.05) is 0 Å². The van der Waals surface area contributed by atoms with E-state index < -0.39 is 0 Å². The zero-order valence-electron chi connectivity index (χ0n) is 11.0. The summed E-state index contributed by atoms with van der Waals surface area (Å²) in [6, 6.07) is 0. The van der Waals surface area contributed by atoms with Crippen LogP contribution in [0.4, 0.5) is 0 Å². The quantitative estimate of drug-likeness (QED) is 0.513. The van der Waals surface area contributed by atoms with Crippen LogP contribution in [0.5, 0.6) is 0 Å². The maximum atomic E-state index is 2.42. The van der Waals surface area contributed by atoms with Crippen molar-refractivity contribution in [2.75, 3.05) is 0 Å². The number of hydrogen-bond acceptors (Lipinski definition) is 0. The van der Waals surface area contributed by atoms with Crippen LogP contribution < -0.4 is 0 Å². The summed E-state index contributed by atoms with van der Waals surface area (Å²) in [5.41, 5.74) is 0. The topological polar surface area (TPSA) is 0 Å². The summed E-state index contributed by atoms with van der Waals surface area (Å²) in [6.07, 6.45) is 11.8. The van der Waals surface area contributed by atoms with E-state index in [1.54, 1.807) is 0 Å². The summed E-state index contributed by atoms with van der Waals surface area (Å²) in [5, 5.41) is 0. The molecule has 0 aromatic carbocycles. The van der Waals surface area contributed by atoms with Crippen LogP contribution >= 0.6 is 0 Å². The minimum Gasteiger partial charge on any atom is -0.0883 e. The molecule has 1 fully saturated rings. The molecule has 0 aromatic rings. The van der Waals surface area contributed by atoms with Gasteiger partial charge in [-0.05, 0) is 49.4 Å². The third kappa shape index (κ3) is 5.39. The number of hydrogen-bond donors (Lipinski definition) is 0. The molecule has 0 bridgehead atoms. The van der Waals surface area contributed by atoms with E-state index in [-0.39, 0.29) is 0 Å². The standard InChI is InChI=1S/C15H28/c1-5-14-11-15(14)9-7-6-8-13(4)10-12(2)3/h6,8,12-15H,5,7,9-11H2,1-4H3. The normalized spacial score (nSPS) is 27.5. The Kier molecular flexibility index (Phi) is 5.42. The Morgan fingerprint density at radius 3 is 2.47 bits per heavy atom. The van der Waals surface area contributed by atoms with Gasteiger partial charge in [0, 0.05) is 0 Å². The lowest BCUT2D eigenvalue weighted by atomic mass is 9.98. The van der Waals surface area contributed by atoms with Crippen molar-refractivity contribution in [2.45, 2.75) is 59.8 Å². The van der Waals surface area contributed by atoms with Gasteiger partial charge in [0.2, 0.25) is 0 Å². The lowest BCUT2D eigenvalue weighted by Crippen LogP contribution is -1.96. The maximum absolute atomic E-state index is 2.42. The molecule has 3 atom stereocenters. The Morgan fingerprint density at radius 1 is 1.20 bits per heavy atom. The molecule has 0 radical (unpaired) electrons. The molecular formula is C15H28. The fourth-order valence-corrected chi connectivity index (χ4v) is 2.62. The van der Waals surface area contributed by atoms with Crippen molar-refractivity contribution in [3.8, 4) is 0 Å². The molecule has 15 heavy (non-hydrogen) atoms. The molecule has 0 heteroatoms. The molecule has 0 amide bonds. The highest BCUT2D eigenvalue weighted by Gasteiger charge is 2.33. The summed E-state index contributed by atoms with van der Waals surface area (Å²) in [7, 11) is 0. The fraction of sp³-hybridized carbons (Fsp3) is 0.867. The van der Waals surface area contributed by atoms with E-state index in [0.717, 1.165) is 23.7 Å². The Morgan fingerprint density at radius 2 is 1.93 bits per heavy atom. The van der Waals surface area contributed by atoms with Gasteiger partial charge >= 0.3 is 0 Å². The van der Waals surface area contributed by atoms with E-state index in [0.29, 0.717) is 0 Å². The Hall–Kier alpha value is -0.260. The summed E-state index contributed by atoms with van der Waals surface area (Å²) >= 11 is 0. The van der Waals surface area contributed by atoms with Crippen LogP contribution in [0.25, 0.3) is 0 Å². The van der Waals surface area contributed by atoms with E-state index >= 15 is 0 Å². The van der Waals surface area contributed by atoms with Crippen molar-refractivity contribution < 1.29 is 0 Å². The van der Waals surface area contributed by atoms with Gasteiger partial charge < -0.3 is 0 Å². The first kappa shape index (κ1) is 12.8. The van der Waals surface area contributed by atoms with E-state index in [2.05, 4.69) is 39.8 Å². The van der Waals surface area contributed by atoms with Gasteiger partial charge in [-0.1, -0.05) is 46.3 Å². The van der Waals surface area contributed by atoms with Crippen molar-refractivity contribution in [3.05, 3.63) is 12.2 Å². The smallest absolute Gasteiger partial charge is 0.0260 e. The van der Waals surface area contributed by atoms with Gasteiger partial charge in [0.1, 0.15) is 0 Å².